The van der Waals surface area contributed by atoms with Gasteiger partial charge in [0.25, 0.3) is 0 Å². The summed E-state index contributed by atoms with van der Waals surface area (Å²) in [5.41, 5.74) is 6.46. The lowest BCUT2D eigenvalue weighted by Gasteiger charge is -2.13. The molecule has 0 spiro atoms. The summed E-state index contributed by atoms with van der Waals surface area (Å²) in [5, 5.41) is 0. The number of benzene rings is 2. The first kappa shape index (κ1) is 12.7. The minimum absolute atomic E-state index is 0.239. The first-order valence-electron chi connectivity index (χ1n) is 5.79. The van der Waals surface area contributed by atoms with Gasteiger partial charge in [-0.1, -0.05) is 48.5 Å². The number of hydrogen-bond donors (Lipinski definition) is 1. The molecule has 0 aliphatic heterocycles. The summed E-state index contributed by atoms with van der Waals surface area (Å²) < 4.78 is 0. The second-order valence-corrected chi connectivity index (χ2v) is 5.08. The highest BCUT2D eigenvalue weighted by Gasteiger charge is 2.17. The molecule has 0 fully saturated rings. The highest BCUT2D eigenvalue weighted by molar-refractivity contribution is 7.99. The fourth-order valence-electron chi connectivity index (χ4n) is 1.72. The fraction of sp³-hybridized carbons (Fsp3) is 0.133. The Bertz CT molecular complexity index is 498. The molecule has 1 atom stereocenters. The third-order valence-electron chi connectivity index (χ3n) is 2.71. The maximum atomic E-state index is 11.5. The molecule has 0 aliphatic carbocycles. The fourth-order valence-corrected chi connectivity index (χ4v) is 2.79. The van der Waals surface area contributed by atoms with Crippen molar-refractivity contribution in [1.82, 2.24) is 0 Å². The molecule has 0 saturated heterocycles. The average Bonchev–Trinajstić information content (AvgIpc) is 2.41. The molecular formula is C15H15NOS. The SMILES string of the molecule is NC(=O)C(CSc1ccccc1)c1ccccc1. The number of rotatable bonds is 5. The lowest BCUT2D eigenvalue weighted by molar-refractivity contribution is -0.118. The summed E-state index contributed by atoms with van der Waals surface area (Å²) in [5.74, 6) is 0.157. The van der Waals surface area contributed by atoms with Crippen LogP contribution in [0.4, 0.5) is 0 Å². The zero-order chi connectivity index (χ0) is 12.8. The van der Waals surface area contributed by atoms with E-state index in [-0.39, 0.29) is 11.8 Å². The molecule has 2 aromatic carbocycles. The van der Waals surface area contributed by atoms with E-state index in [1.165, 1.54) is 0 Å². The summed E-state index contributed by atoms with van der Waals surface area (Å²) in [4.78, 5) is 12.7. The van der Waals surface area contributed by atoms with Crippen molar-refractivity contribution in [3.8, 4) is 0 Å². The Morgan fingerprint density at radius 1 is 1.00 bits per heavy atom. The molecule has 0 radical (unpaired) electrons. The molecule has 0 bridgehead atoms. The van der Waals surface area contributed by atoms with E-state index in [0.29, 0.717) is 5.75 Å². The predicted octanol–water partition coefficient (Wildman–Crippen LogP) is 3.05. The monoisotopic (exact) mass is 257 g/mol. The molecule has 1 unspecified atom stereocenters. The van der Waals surface area contributed by atoms with E-state index in [1.54, 1.807) is 11.8 Å². The Labute approximate surface area is 111 Å². The van der Waals surface area contributed by atoms with Crippen LogP contribution in [0.15, 0.2) is 65.6 Å². The Morgan fingerprint density at radius 3 is 2.11 bits per heavy atom. The number of hydrogen-bond acceptors (Lipinski definition) is 2. The molecule has 1 amide bonds. The maximum Gasteiger partial charge on any atom is 0.225 e. The number of amides is 1. The van der Waals surface area contributed by atoms with E-state index in [4.69, 9.17) is 5.73 Å². The number of carbonyl (C=O) groups excluding carboxylic acids is 1. The summed E-state index contributed by atoms with van der Waals surface area (Å²) in [6.07, 6.45) is 0. The Kier molecular flexibility index (Phi) is 4.42. The summed E-state index contributed by atoms with van der Waals surface area (Å²) in [6, 6.07) is 19.7. The van der Waals surface area contributed by atoms with Gasteiger partial charge >= 0.3 is 0 Å². The largest absolute Gasteiger partial charge is 0.369 e. The summed E-state index contributed by atoms with van der Waals surface area (Å²) in [6.45, 7) is 0. The van der Waals surface area contributed by atoms with Gasteiger partial charge < -0.3 is 5.73 Å². The molecule has 0 saturated carbocycles. The molecule has 2 N–H and O–H groups in total. The van der Waals surface area contributed by atoms with Gasteiger partial charge in [0.05, 0.1) is 5.92 Å². The van der Waals surface area contributed by atoms with Crippen LogP contribution in [-0.2, 0) is 4.79 Å². The van der Waals surface area contributed by atoms with Crippen LogP contribution in [-0.4, -0.2) is 11.7 Å². The van der Waals surface area contributed by atoms with E-state index >= 15 is 0 Å². The van der Waals surface area contributed by atoms with Crippen LogP contribution in [0.5, 0.6) is 0 Å². The number of primary amides is 1. The molecule has 0 heterocycles. The van der Waals surface area contributed by atoms with E-state index in [2.05, 4.69) is 0 Å². The third kappa shape index (κ3) is 3.37. The van der Waals surface area contributed by atoms with Crippen LogP contribution in [0.3, 0.4) is 0 Å². The smallest absolute Gasteiger partial charge is 0.225 e. The van der Waals surface area contributed by atoms with Crippen LogP contribution in [0.2, 0.25) is 0 Å². The highest BCUT2D eigenvalue weighted by Crippen LogP contribution is 2.25. The van der Waals surface area contributed by atoms with Crippen LogP contribution in [0.25, 0.3) is 0 Å². The third-order valence-corrected chi connectivity index (χ3v) is 3.81. The second kappa shape index (κ2) is 6.26. The van der Waals surface area contributed by atoms with Crippen LogP contribution >= 0.6 is 11.8 Å². The highest BCUT2D eigenvalue weighted by atomic mass is 32.2. The molecule has 3 heteroatoms. The minimum Gasteiger partial charge on any atom is -0.369 e. The molecule has 92 valence electrons. The Balaban J connectivity index is 2.06. The second-order valence-electron chi connectivity index (χ2n) is 3.99. The summed E-state index contributed by atoms with van der Waals surface area (Å²) >= 11 is 1.65. The minimum atomic E-state index is -0.273. The lowest BCUT2D eigenvalue weighted by atomic mass is 10.0. The van der Waals surface area contributed by atoms with Crippen LogP contribution < -0.4 is 5.73 Å². The Morgan fingerprint density at radius 2 is 1.56 bits per heavy atom. The van der Waals surface area contributed by atoms with Crippen molar-refractivity contribution in [2.75, 3.05) is 5.75 Å². The number of thioether (sulfide) groups is 1. The van der Waals surface area contributed by atoms with E-state index in [0.717, 1.165) is 10.5 Å². The lowest BCUT2D eigenvalue weighted by Crippen LogP contribution is -2.23. The number of carbonyl (C=O) groups is 1. The quantitative estimate of drug-likeness (QED) is 0.837. The molecular weight excluding hydrogens is 242 g/mol. The van der Waals surface area contributed by atoms with Crippen molar-refractivity contribution >= 4 is 17.7 Å². The average molecular weight is 257 g/mol. The van der Waals surface area contributed by atoms with E-state index in [9.17, 15) is 4.79 Å². The van der Waals surface area contributed by atoms with Crippen molar-refractivity contribution < 1.29 is 4.79 Å². The normalized spacial score (nSPS) is 12.0. The van der Waals surface area contributed by atoms with Crippen molar-refractivity contribution in [3.63, 3.8) is 0 Å². The predicted molar refractivity (Wildman–Crippen MR) is 75.5 cm³/mol. The first-order valence-corrected chi connectivity index (χ1v) is 6.78. The standard InChI is InChI=1S/C15H15NOS/c16-15(17)14(12-7-3-1-4-8-12)11-18-13-9-5-2-6-10-13/h1-10,14H,11H2,(H2,16,17). The van der Waals surface area contributed by atoms with Crippen LogP contribution in [0.1, 0.15) is 11.5 Å². The summed E-state index contributed by atoms with van der Waals surface area (Å²) in [7, 11) is 0. The first-order chi connectivity index (χ1) is 8.77. The molecule has 2 rings (SSSR count). The van der Waals surface area contributed by atoms with Gasteiger partial charge in [-0.15, -0.1) is 11.8 Å². The van der Waals surface area contributed by atoms with Crippen molar-refractivity contribution in [3.05, 3.63) is 66.2 Å². The zero-order valence-electron chi connectivity index (χ0n) is 9.95. The zero-order valence-corrected chi connectivity index (χ0v) is 10.8. The van der Waals surface area contributed by atoms with Gasteiger partial charge in [0.2, 0.25) is 5.91 Å². The topological polar surface area (TPSA) is 43.1 Å². The Hall–Kier alpha value is -1.74. The van der Waals surface area contributed by atoms with Gasteiger partial charge in [-0.25, -0.2) is 0 Å². The van der Waals surface area contributed by atoms with E-state index in [1.807, 2.05) is 60.7 Å². The van der Waals surface area contributed by atoms with Crippen molar-refractivity contribution in [2.24, 2.45) is 5.73 Å². The van der Waals surface area contributed by atoms with Crippen molar-refractivity contribution in [2.45, 2.75) is 10.8 Å². The molecule has 0 aliphatic rings. The maximum absolute atomic E-state index is 11.5. The van der Waals surface area contributed by atoms with Crippen molar-refractivity contribution in [1.29, 1.82) is 0 Å². The van der Waals surface area contributed by atoms with E-state index < -0.39 is 0 Å². The van der Waals surface area contributed by atoms with Crippen LogP contribution in [0, 0.1) is 0 Å². The van der Waals surface area contributed by atoms with Gasteiger partial charge in [0.15, 0.2) is 0 Å². The molecule has 18 heavy (non-hydrogen) atoms. The van der Waals surface area contributed by atoms with Gasteiger partial charge in [0, 0.05) is 10.6 Å². The van der Waals surface area contributed by atoms with Gasteiger partial charge in [0.1, 0.15) is 0 Å². The molecule has 2 nitrogen and oxygen atoms in total. The van der Waals surface area contributed by atoms with Gasteiger partial charge in [-0.2, -0.15) is 0 Å². The molecule has 0 aromatic heterocycles. The van der Waals surface area contributed by atoms with Gasteiger partial charge in [-0.05, 0) is 17.7 Å². The number of nitrogens with two attached hydrogens (primary N) is 1. The molecule has 2 aromatic rings. The van der Waals surface area contributed by atoms with Gasteiger partial charge in [-0.3, -0.25) is 4.79 Å².